The highest BCUT2D eigenvalue weighted by molar-refractivity contribution is 5.93. The van der Waals surface area contributed by atoms with Crippen molar-refractivity contribution >= 4 is 17.4 Å². The van der Waals surface area contributed by atoms with Gasteiger partial charge in [-0.3, -0.25) is 4.79 Å². The summed E-state index contributed by atoms with van der Waals surface area (Å²) in [6, 6.07) is 10.2. The lowest BCUT2D eigenvalue weighted by Gasteiger charge is -2.30. The molecule has 124 valence electrons. The maximum absolute atomic E-state index is 12.8. The van der Waals surface area contributed by atoms with E-state index < -0.39 is 0 Å². The first-order chi connectivity index (χ1) is 11.7. The van der Waals surface area contributed by atoms with Gasteiger partial charge < -0.3 is 9.80 Å². The molecule has 3 heterocycles. The minimum absolute atomic E-state index is 0.0256. The highest BCUT2D eigenvalue weighted by Crippen LogP contribution is 2.33. The molecule has 0 N–H and O–H groups in total. The van der Waals surface area contributed by atoms with Crippen molar-refractivity contribution in [2.45, 2.75) is 26.2 Å². The van der Waals surface area contributed by atoms with E-state index in [9.17, 15) is 4.79 Å². The Morgan fingerprint density at radius 3 is 2.96 bits per heavy atom. The van der Waals surface area contributed by atoms with Gasteiger partial charge in [0.2, 0.25) is 0 Å². The lowest BCUT2D eigenvalue weighted by Crippen LogP contribution is -2.39. The predicted molar refractivity (Wildman–Crippen MR) is 93.5 cm³/mol. The molecule has 1 aromatic carbocycles. The molecule has 0 spiro atoms. The minimum atomic E-state index is 0.0256. The molecule has 1 aromatic heterocycles. The van der Waals surface area contributed by atoms with Crippen LogP contribution in [0.5, 0.6) is 0 Å². The van der Waals surface area contributed by atoms with Gasteiger partial charge in [-0.25, -0.2) is 9.97 Å². The molecule has 1 fully saturated rings. The van der Waals surface area contributed by atoms with Gasteiger partial charge in [-0.1, -0.05) is 25.1 Å². The number of benzene rings is 1. The smallest absolute Gasteiger partial charge is 0.272 e. The van der Waals surface area contributed by atoms with Crippen molar-refractivity contribution in [2.75, 3.05) is 24.5 Å². The lowest BCUT2D eigenvalue weighted by molar-refractivity contribution is 0.0677. The molecular formula is C19H22N4O. The fourth-order valence-electron chi connectivity index (χ4n) is 3.72. The van der Waals surface area contributed by atoms with Crippen molar-refractivity contribution in [1.29, 1.82) is 0 Å². The Labute approximate surface area is 142 Å². The summed E-state index contributed by atoms with van der Waals surface area (Å²) in [5.74, 6) is 1.40. The van der Waals surface area contributed by atoms with E-state index in [0.29, 0.717) is 11.6 Å². The van der Waals surface area contributed by atoms with Gasteiger partial charge in [0.1, 0.15) is 17.8 Å². The van der Waals surface area contributed by atoms with Gasteiger partial charge in [-0.15, -0.1) is 0 Å². The molecule has 2 aliphatic rings. The third kappa shape index (κ3) is 2.75. The summed E-state index contributed by atoms with van der Waals surface area (Å²) < 4.78 is 0. The summed E-state index contributed by atoms with van der Waals surface area (Å²) in [5, 5.41) is 0. The van der Waals surface area contributed by atoms with Crippen LogP contribution in [0.3, 0.4) is 0 Å². The third-order valence-corrected chi connectivity index (χ3v) is 4.98. The number of para-hydroxylation sites is 1. The van der Waals surface area contributed by atoms with Gasteiger partial charge in [0.15, 0.2) is 0 Å². The van der Waals surface area contributed by atoms with E-state index in [2.05, 4.69) is 40.0 Å². The van der Waals surface area contributed by atoms with Crippen molar-refractivity contribution < 1.29 is 4.79 Å². The second kappa shape index (κ2) is 6.23. The van der Waals surface area contributed by atoms with E-state index in [4.69, 9.17) is 0 Å². The summed E-state index contributed by atoms with van der Waals surface area (Å²) >= 11 is 0. The second-order valence-corrected chi connectivity index (χ2v) is 6.79. The highest BCUT2D eigenvalue weighted by atomic mass is 16.2. The van der Waals surface area contributed by atoms with Crippen molar-refractivity contribution in [3.05, 3.63) is 47.9 Å². The molecule has 2 aliphatic heterocycles. The van der Waals surface area contributed by atoms with Gasteiger partial charge in [0.05, 0.1) is 0 Å². The number of rotatable bonds is 2. The molecule has 1 unspecified atom stereocenters. The molecule has 5 nitrogen and oxygen atoms in total. The third-order valence-electron chi connectivity index (χ3n) is 4.98. The maximum atomic E-state index is 12.8. The Morgan fingerprint density at radius 2 is 2.08 bits per heavy atom. The van der Waals surface area contributed by atoms with E-state index in [0.717, 1.165) is 38.3 Å². The average molecular weight is 322 g/mol. The van der Waals surface area contributed by atoms with Gasteiger partial charge in [-0.2, -0.15) is 0 Å². The number of piperidine rings is 1. The van der Waals surface area contributed by atoms with Crippen LogP contribution in [-0.4, -0.2) is 40.4 Å². The zero-order chi connectivity index (χ0) is 16.5. The van der Waals surface area contributed by atoms with Gasteiger partial charge in [0.25, 0.3) is 5.91 Å². The van der Waals surface area contributed by atoms with Crippen LogP contribution >= 0.6 is 0 Å². The van der Waals surface area contributed by atoms with Crippen molar-refractivity contribution in [2.24, 2.45) is 5.92 Å². The van der Waals surface area contributed by atoms with E-state index in [1.165, 1.54) is 24.0 Å². The van der Waals surface area contributed by atoms with Crippen LogP contribution in [-0.2, 0) is 6.42 Å². The standard InChI is InChI=1S/C19H22N4O/c1-14-5-4-9-22(12-14)19(24)16-11-18(21-13-20-16)23-10-8-15-6-2-3-7-17(15)23/h2-3,6-7,11,13-14H,4-5,8-10,12H2,1H3. The molecule has 2 aromatic rings. The summed E-state index contributed by atoms with van der Waals surface area (Å²) in [5.41, 5.74) is 3.01. The molecule has 4 rings (SSSR count). The molecule has 0 bridgehead atoms. The fraction of sp³-hybridized carbons (Fsp3) is 0.421. The average Bonchev–Trinajstić information content (AvgIpc) is 3.05. The molecule has 1 amide bonds. The van der Waals surface area contributed by atoms with Crippen LogP contribution in [0.2, 0.25) is 0 Å². The molecule has 1 saturated heterocycles. The number of aromatic nitrogens is 2. The topological polar surface area (TPSA) is 49.3 Å². The van der Waals surface area contributed by atoms with Crippen LogP contribution in [0, 0.1) is 5.92 Å². The van der Waals surface area contributed by atoms with E-state index in [-0.39, 0.29) is 5.91 Å². The Morgan fingerprint density at radius 1 is 1.21 bits per heavy atom. The van der Waals surface area contributed by atoms with Gasteiger partial charge in [0, 0.05) is 31.4 Å². The number of carbonyl (C=O) groups excluding carboxylic acids is 1. The van der Waals surface area contributed by atoms with Crippen molar-refractivity contribution in [3.8, 4) is 0 Å². The molecule has 1 atom stereocenters. The van der Waals surface area contributed by atoms with Gasteiger partial charge in [-0.05, 0) is 36.8 Å². The van der Waals surface area contributed by atoms with Crippen LogP contribution < -0.4 is 4.90 Å². The zero-order valence-corrected chi connectivity index (χ0v) is 14.0. The molecule has 24 heavy (non-hydrogen) atoms. The van der Waals surface area contributed by atoms with Gasteiger partial charge >= 0.3 is 0 Å². The van der Waals surface area contributed by atoms with Crippen LogP contribution in [0.4, 0.5) is 11.5 Å². The molecule has 0 aliphatic carbocycles. The Kier molecular flexibility index (Phi) is 3.92. The number of fused-ring (bicyclic) bond motifs is 1. The van der Waals surface area contributed by atoms with Crippen molar-refractivity contribution in [3.63, 3.8) is 0 Å². The van der Waals surface area contributed by atoms with Crippen molar-refractivity contribution in [1.82, 2.24) is 14.9 Å². The van der Waals surface area contributed by atoms with Crippen LogP contribution in [0.25, 0.3) is 0 Å². The Bertz CT molecular complexity index is 761. The zero-order valence-electron chi connectivity index (χ0n) is 14.0. The SMILES string of the molecule is CC1CCCN(C(=O)c2cc(N3CCc4ccccc43)ncn2)C1. The Hall–Kier alpha value is -2.43. The fourth-order valence-corrected chi connectivity index (χ4v) is 3.72. The summed E-state index contributed by atoms with van der Waals surface area (Å²) in [6.45, 7) is 4.75. The molecule has 0 radical (unpaired) electrons. The number of hydrogen-bond donors (Lipinski definition) is 0. The minimum Gasteiger partial charge on any atom is -0.337 e. The highest BCUT2D eigenvalue weighted by Gasteiger charge is 2.25. The first-order valence-electron chi connectivity index (χ1n) is 8.69. The quantitative estimate of drug-likeness (QED) is 0.853. The number of carbonyl (C=O) groups is 1. The van der Waals surface area contributed by atoms with E-state index >= 15 is 0 Å². The van der Waals surface area contributed by atoms with Crippen LogP contribution in [0.1, 0.15) is 35.8 Å². The lowest BCUT2D eigenvalue weighted by atomic mass is 10.00. The summed E-state index contributed by atoms with van der Waals surface area (Å²) in [4.78, 5) is 25.5. The first-order valence-corrected chi connectivity index (χ1v) is 8.69. The number of nitrogens with zero attached hydrogens (tertiary/aromatic N) is 4. The molecule has 0 saturated carbocycles. The monoisotopic (exact) mass is 322 g/mol. The summed E-state index contributed by atoms with van der Waals surface area (Å²) in [7, 11) is 0. The number of hydrogen-bond acceptors (Lipinski definition) is 4. The predicted octanol–water partition coefficient (Wildman–Crippen LogP) is 3.04. The van der Waals surface area contributed by atoms with Crippen LogP contribution in [0.15, 0.2) is 36.7 Å². The number of anilines is 2. The molecular weight excluding hydrogens is 300 g/mol. The largest absolute Gasteiger partial charge is 0.337 e. The molecule has 5 heteroatoms. The maximum Gasteiger partial charge on any atom is 0.272 e. The van der Waals surface area contributed by atoms with E-state index in [1.54, 1.807) is 0 Å². The van der Waals surface area contributed by atoms with E-state index in [1.807, 2.05) is 17.0 Å². The Balaban J connectivity index is 1.59. The number of amides is 1. The second-order valence-electron chi connectivity index (χ2n) is 6.79. The summed E-state index contributed by atoms with van der Waals surface area (Å²) in [6.07, 6.45) is 4.79. The first kappa shape index (κ1) is 15.1. The number of likely N-dealkylation sites (tertiary alicyclic amines) is 1. The normalized spacial score (nSPS) is 20.1.